The molecule has 3 rings (SSSR count). The van der Waals surface area contributed by atoms with Crippen molar-refractivity contribution in [3.8, 4) is 5.75 Å². The van der Waals surface area contributed by atoms with Crippen molar-refractivity contribution in [2.75, 3.05) is 31.6 Å². The SMILES string of the molecule is CN(CCOc1ccccc1)C(=O)c1cccc(N2CCCC2=O)c1. The second kappa shape index (κ2) is 7.83. The van der Waals surface area contributed by atoms with Crippen LogP contribution in [0.4, 0.5) is 5.69 Å². The van der Waals surface area contributed by atoms with E-state index in [1.54, 1.807) is 29.0 Å². The van der Waals surface area contributed by atoms with Crippen LogP contribution in [0.15, 0.2) is 54.6 Å². The zero-order chi connectivity index (χ0) is 17.6. The third kappa shape index (κ3) is 4.18. The van der Waals surface area contributed by atoms with Crippen molar-refractivity contribution in [1.82, 2.24) is 4.90 Å². The van der Waals surface area contributed by atoms with E-state index >= 15 is 0 Å². The quantitative estimate of drug-likeness (QED) is 0.814. The average molecular weight is 338 g/mol. The van der Waals surface area contributed by atoms with Crippen LogP contribution in [0.1, 0.15) is 23.2 Å². The molecule has 2 aromatic rings. The van der Waals surface area contributed by atoms with Gasteiger partial charge < -0.3 is 14.5 Å². The number of para-hydroxylation sites is 1. The predicted molar refractivity (Wildman–Crippen MR) is 96.9 cm³/mol. The molecule has 1 saturated heterocycles. The first-order valence-electron chi connectivity index (χ1n) is 8.49. The van der Waals surface area contributed by atoms with Crippen molar-refractivity contribution in [1.29, 1.82) is 0 Å². The summed E-state index contributed by atoms with van der Waals surface area (Å²) in [7, 11) is 1.75. The van der Waals surface area contributed by atoms with Gasteiger partial charge in [0.1, 0.15) is 12.4 Å². The molecule has 1 aliphatic heterocycles. The summed E-state index contributed by atoms with van der Waals surface area (Å²) in [6, 6.07) is 16.8. The highest BCUT2D eigenvalue weighted by Gasteiger charge is 2.22. The summed E-state index contributed by atoms with van der Waals surface area (Å²) in [4.78, 5) is 27.9. The van der Waals surface area contributed by atoms with Crippen LogP contribution < -0.4 is 9.64 Å². The molecule has 0 N–H and O–H groups in total. The predicted octanol–water partition coefficient (Wildman–Crippen LogP) is 2.96. The second-order valence-corrected chi connectivity index (χ2v) is 6.09. The Kier molecular flexibility index (Phi) is 5.33. The molecular weight excluding hydrogens is 316 g/mol. The topological polar surface area (TPSA) is 49.9 Å². The van der Waals surface area contributed by atoms with Crippen LogP contribution in [-0.4, -0.2) is 43.5 Å². The van der Waals surface area contributed by atoms with Crippen molar-refractivity contribution in [2.45, 2.75) is 12.8 Å². The number of nitrogens with zero attached hydrogens (tertiary/aromatic N) is 2. The van der Waals surface area contributed by atoms with Crippen LogP contribution >= 0.6 is 0 Å². The minimum absolute atomic E-state index is 0.0786. The number of amides is 2. The molecule has 2 amide bonds. The zero-order valence-corrected chi connectivity index (χ0v) is 14.4. The van der Waals surface area contributed by atoms with Crippen LogP contribution in [0.25, 0.3) is 0 Å². The summed E-state index contributed by atoms with van der Waals surface area (Å²) < 4.78 is 5.63. The fraction of sp³-hybridized carbons (Fsp3) is 0.300. The van der Waals surface area contributed by atoms with Gasteiger partial charge in [0, 0.05) is 31.3 Å². The van der Waals surface area contributed by atoms with Gasteiger partial charge >= 0.3 is 0 Å². The van der Waals surface area contributed by atoms with Gasteiger partial charge in [0.25, 0.3) is 5.91 Å². The average Bonchev–Trinajstić information content (AvgIpc) is 3.08. The van der Waals surface area contributed by atoms with Gasteiger partial charge in [-0.15, -0.1) is 0 Å². The van der Waals surface area contributed by atoms with E-state index in [4.69, 9.17) is 4.74 Å². The number of ether oxygens (including phenoxy) is 1. The first-order chi connectivity index (χ1) is 12.1. The first-order valence-corrected chi connectivity index (χ1v) is 8.49. The highest BCUT2D eigenvalue weighted by molar-refractivity contribution is 5.99. The summed E-state index contributed by atoms with van der Waals surface area (Å²) in [6.07, 6.45) is 1.45. The molecule has 1 heterocycles. The molecule has 0 aromatic heterocycles. The fourth-order valence-electron chi connectivity index (χ4n) is 2.87. The Morgan fingerprint density at radius 3 is 2.68 bits per heavy atom. The molecule has 0 atom stereocenters. The maximum atomic E-state index is 12.6. The van der Waals surface area contributed by atoms with Crippen LogP contribution in [-0.2, 0) is 4.79 Å². The van der Waals surface area contributed by atoms with Gasteiger partial charge in [-0.1, -0.05) is 24.3 Å². The number of carbonyl (C=O) groups is 2. The number of rotatable bonds is 6. The molecule has 5 heteroatoms. The van der Waals surface area contributed by atoms with Gasteiger partial charge in [-0.05, 0) is 36.8 Å². The van der Waals surface area contributed by atoms with E-state index in [1.807, 2.05) is 42.5 Å². The highest BCUT2D eigenvalue weighted by atomic mass is 16.5. The van der Waals surface area contributed by atoms with Crippen LogP contribution in [0.3, 0.4) is 0 Å². The van der Waals surface area contributed by atoms with Crippen LogP contribution in [0, 0.1) is 0 Å². The first kappa shape index (κ1) is 17.0. The monoisotopic (exact) mass is 338 g/mol. The molecule has 0 aliphatic carbocycles. The molecule has 0 spiro atoms. The van der Waals surface area contributed by atoms with Gasteiger partial charge in [0.05, 0.1) is 6.54 Å². The Morgan fingerprint density at radius 2 is 1.96 bits per heavy atom. The van der Waals surface area contributed by atoms with E-state index in [0.29, 0.717) is 25.1 Å². The Balaban J connectivity index is 1.59. The fourth-order valence-corrected chi connectivity index (χ4v) is 2.87. The van der Waals surface area contributed by atoms with Crippen LogP contribution in [0.2, 0.25) is 0 Å². The molecule has 2 aromatic carbocycles. The lowest BCUT2D eigenvalue weighted by Gasteiger charge is -2.20. The molecule has 5 nitrogen and oxygen atoms in total. The smallest absolute Gasteiger partial charge is 0.253 e. The van der Waals surface area contributed by atoms with Gasteiger partial charge in [0.15, 0.2) is 0 Å². The van der Waals surface area contributed by atoms with E-state index in [0.717, 1.165) is 24.4 Å². The Morgan fingerprint density at radius 1 is 1.16 bits per heavy atom. The normalized spacial score (nSPS) is 13.8. The number of benzene rings is 2. The van der Waals surface area contributed by atoms with Crippen molar-refractivity contribution >= 4 is 17.5 Å². The van der Waals surface area contributed by atoms with Gasteiger partial charge in [-0.3, -0.25) is 9.59 Å². The van der Waals surface area contributed by atoms with Crippen LogP contribution in [0.5, 0.6) is 5.75 Å². The number of hydrogen-bond acceptors (Lipinski definition) is 3. The van der Waals surface area contributed by atoms with E-state index in [9.17, 15) is 9.59 Å². The van der Waals surface area contributed by atoms with E-state index in [-0.39, 0.29) is 11.8 Å². The Hall–Kier alpha value is -2.82. The number of anilines is 1. The molecular formula is C20H22N2O3. The third-order valence-corrected chi connectivity index (χ3v) is 4.26. The number of hydrogen-bond donors (Lipinski definition) is 0. The molecule has 1 aliphatic rings. The molecule has 0 saturated carbocycles. The largest absolute Gasteiger partial charge is 0.492 e. The third-order valence-electron chi connectivity index (χ3n) is 4.26. The lowest BCUT2D eigenvalue weighted by molar-refractivity contribution is -0.117. The Bertz CT molecular complexity index is 746. The van der Waals surface area contributed by atoms with Gasteiger partial charge in [-0.2, -0.15) is 0 Å². The standard InChI is InChI=1S/C20H22N2O3/c1-21(13-14-25-18-9-3-2-4-10-18)20(24)16-7-5-8-17(15-16)22-12-6-11-19(22)23/h2-5,7-10,15H,6,11-14H2,1H3. The van der Waals surface area contributed by atoms with Gasteiger partial charge in [0.2, 0.25) is 5.91 Å². The summed E-state index contributed by atoms with van der Waals surface area (Å²) in [5, 5.41) is 0. The summed E-state index contributed by atoms with van der Waals surface area (Å²) >= 11 is 0. The molecule has 0 radical (unpaired) electrons. The van der Waals surface area contributed by atoms with Gasteiger partial charge in [-0.25, -0.2) is 0 Å². The molecule has 25 heavy (non-hydrogen) atoms. The highest BCUT2D eigenvalue weighted by Crippen LogP contribution is 2.22. The molecule has 1 fully saturated rings. The molecule has 130 valence electrons. The molecule has 0 bridgehead atoms. The maximum absolute atomic E-state index is 12.6. The summed E-state index contributed by atoms with van der Waals surface area (Å²) in [5.41, 5.74) is 1.38. The minimum atomic E-state index is -0.0786. The van der Waals surface area contributed by atoms with Crippen molar-refractivity contribution in [3.05, 3.63) is 60.2 Å². The maximum Gasteiger partial charge on any atom is 0.253 e. The van der Waals surface area contributed by atoms with Crippen molar-refractivity contribution in [2.24, 2.45) is 0 Å². The number of likely N-dealkylation sites (N-methyl/N-ethyl adjacent to an activating group) is 1. The molecule has 0 unspecified atom stereocenters. The summed E-state index contributed by atoms with van der Waals surface area (Å²) in [6.45, 7) is 1.63. The van der Waals surface area contributed by atoms with Crippen molar-refractivity contribution < 1.29 is 14.3 Å². The lowest BCUT2D eigenvalue weighted by atomic mass is 10.1. The van der Waals surface area contributed by atoms with E-state index < -0.39 is 0 Å². The van der Waals surface area contributed by atoms with E-state index in [2.05, 4.69) is 0 Å². The minimum Gasteiger partial charge on any atom is -0.492 e. The van der Waals surface area contributed by atoms with Crippen molar-refractivity contribution in [3.63, 3.8) is 0 Å². The van der Waals surface area contributed by atoms with E-state index in [1.165, 1.54) is 0 Å². The zero-order valence-electron chi connectivity index (χ0n) is 14.4. The number of carbonyl (C=O) groups excluding carboxylic acids is 2. The lowest BCUT2D eigenvalue weighted by Crippen LogP contribution is -2.31. The second-order valence-electron chi connectivity index (χ2n) is 6.09. The summed E-state index contributed by atoms with van der Waals surface area (Å²) in [5.74, 6) is 0.831. The Labute approximate surface area is 147 Å².